The normalized spacial score (nSPS) is 20.8. The number of hydrogen-bond donors (Lipinski definition) is 0. The lowest BCUT2D eigenvalue weighted by atomic mass is 9.96. The van der Waals surface area contributed by atoms with Gasteiger partial charge in [-0.3, -0.25) is 4.79 Å². The zero-order chi connectivity index (χ0) is 17.0. The molecule has 0 spiro atoms. The summed E-state index contributed by atoms with van der Waals surface area (Å²) in [6.45, 7) is 0.610. The van der Waals surface area contributed by atoms with Gasteiger partial charge in [0.25, 0.3) is 5.91 Å². The van der Waals surface area contributed by atoms with Gasteiger partial charge in [-0.15, -0.1) is 0 Å². The number of benzene rings is 3. The number of fused-ring (bicyclic) bond motifs is 4. The SMILES string of the molecule is O=C1c2ccccc2C2(c3ccc(Cl)cc3)Sc3ccccc3CN12. The third kappa shape index (κ3) is 2.03. The summed E-state index contributed by atoms with van der Waals surface area (Å²) in [6, 6.07) is 24.1. The van der Waals surface area contributed by atoms with Crippen molar-refractivity contribution in [3.05, 3.63) is 100 Å². The molecule has 0 aliphatic carbocycles. The van der Waals surface area contributed by atoms with E-state index >= 15 is 0 Å². The minimum absolute atomic E-state index is 0.0903. The minimum Gasteiger partial charge on any atom is -0.311 e. The van der Waals surface area contributed by atoms with Gasteiger partial charge in [-0.25, -0.2) is 0 Å². The summed E-state index contributed by atoms with van der Waals surface area (Å²) in [5.41, 5.74) is 4.12. The molecule has 122 valence electrons. The molecule has 0 fully saturated rings. The Kier molecular flexibility index (Phi) is 3.24. The summed E-state index contributed by atoms with van der Waals surface area (Å²) in [6.07, 6.45) is 0. The predicted molar refractivity (Wildman–Crippen MR) is 101 cm³/mol. The van der Waals surface area contributed by atoms with Gasteiger partial charge in [-0.2, -0.15) is 0 Å². The maximum Gasteiger partial charge on any atom is 0.256 e. The molecule has 2 aliphatic heterocycles. The Labute approximate surface area is 155 Å². The van der Waals surface area contributed by atoms with Gasteiger partial charge in [0.1, 0.15) is 4.87 Å². The van der Waals surface area contributed by atoms with Gasteiger partial charge >= 0.3 is 0 Å². The Hall–Kier alpha value is -2.23. The second kappa shape index (κ2) is 5.38. The van der Waals surface area contributed by atoms with Crippen molar-refractivity contribution in [2.45, 2.75) is 16.3 Å². The molecule has 25 heavy (non-hydrogen) atoms. The van der Waals surface area contributed by atoms with E-state index in [0.717, 1.165) is 16.7 Å². The number of nitrogens with zero attached hydrogens (tertiary/aromatic N) is 1. The topological polar surface area (TPSA) is 20.3 Å². The van der Waals surface area contributed by atoms with Crippen molar-refractivity contribution in [1.82, 2.24) is 4.90 Å². The van der Waals surface area contributed by atoms with E-state index < -0.39 is 4.87 Å². The quantitative estimate of drug-likeness (QED) is 0.584. The third-order valence-electron chi connectivity index (χ3n) is 4.94. The molecule has 0 N–H and O–H groups in total. The molecule has 2 aliphatic rings. The van der Waals surface area contributed by atoms with Crippen LogP contribution in [0.1, 0.15) is 27.0 Å². The van der Waals surface area contributed by atoms with Crippen molar-refractivity contribution in [1.29, 1.82) is 0 Å². The van der Waals surface area contributed by atoms with Gasteiger partial charge < -0.3 is 4.90 Å². The van der Waals surface area contributed by atoms with Crippen LogP contribution in [0.25, 0.3) is 0 Å². The van der Waals surface area contributed by atoms with Crippen molar-refractivity contribution in [2.75, 3.05) is 0 Å². The first kappa shape index (κ1) is 15.1. The maximum atomic E-state index is 13.2. The number of thioether (sulfide) groups is 1. The molecule has 1 unspecified atom stereocenters. The van der Waals surface area contributed by atoms with E-state index in [-0.39, 0.29) is 5.91 Å². The first-order valence-corrected chi connectivity index (χ1v) is 9.34. The summed E-state index contributed by atoms with van der Waals surface area (Å²) < 4.78 is 0. The lowest BCUT2D eigenvalue weighted by Gasteiger charge is -2.43. The summed E-state index contributed by atoms with van der Waals surface area (Å²) >= 11 is 7.86. The smallest absolute Gasteiger partial charge is 0.256 e. The molecule has 1 amide bonds. The standard InChI is InChI=1S/C21H14ClNOS/c22-16-11-9-15(10-12-16)21-18-7-3-2-6-17(18)20(24)23(21)13-14-5-1-4-8-19(14)25-21/h1-12H,13H2. The van der Waals surface area contributed by atoms with Crippen LogP contribution < -0.4 is 0 Å². The van der Waals surface area contributed by atoms with Crippen LogP contribution in [0.3, 0.4) is 0 Å². The summed E-state index contributed by atoms with van der Waals surface area (Å²) in [7, 11) is 0. The Morgan fingerprint density at radius 2 is 1.64 bits per heavy atom. The molecule has 0 saturated carbocycles. The van der Waals surface area contributed by atoms with Gasteiger partial charge in [-0.1, -0.05) is 71.9 Å². The second-order valence-electron chi connectivity index (χ2n) is 6.30. The van der Waals surface area contributed by atoms with Crippen molar-refractivity contribution in [3.63, 3.8) is 0 Å². The van der Waals surface area contributed by atoms with E-state index in [1.54, 1.807) is 11.8 Å². The van der Waals surface area contributed by atoms with E-state index in [4.69, 9.17) is 11.6 Å². The number of halogens is 1. The van der Waals surface area contributed by atoms with E-state index in [0.29, 0.717) is 11.6 Å². The average Bonchev–Trinajstić information content (AvgIpc) is 2.90. The van der Waals surface area contributed by atoms with Crippen LogP contribution in [-0.4, -0.2) is 10.8 Å². The monoisotopic (exact) mass is 363 g/mol. The Bertz CT molecular complexity index is 1000. The average molecular weight is 364 g/mol. The van der Waals surface area contributed by atoms with Crippen LogP contribution in [0, 0.1) is 0 Å². The van der Waals surface area contributed by atoms with E-state index in [1.165, 1.54) is 10.5 Å². The van der Waals surface area contributed by atoms with E-state index in [1.807, 2.05) is 53.4 Å². The largest absolute Gasteiger partial charge is 0.311 e. The first-order chi connectivity index (χ1) is 12.2. The van der Waals surface area contributed by atoms with Gasteiger partial charge in [0, 0.05) is 27.6 Å². The van der Waals surface area contributed by atoms with Gasteiger partial charge in [-0.05, 0) is 35.4 Å². The third-order valence-corrected chi connectivity index (χ3v) is 6.78. The fraction of sp³-hybridized carbons (Fsp3) is 0.0952. The van der Waals surface area contributed by atoms with Crippen LogP contribution in [-0.2, 0) is 11.4 Å². The highest BCUT2D eigenvalue weighted by atomic mass is 35.5. The lowest BCUT2D eigenvalue weighted by molar-refractivity contribution is 0.0701. The maximum absolute atomic E-state index is 13.2. The van der Waals surface area contributed by atoms with Crippen LogP contribution in [0.4, 0.5) is 0 Å². The van der Waals surface area contributed by atoms with Crippen molar-refractivity contribution in [3.8, 4) is 0 Å². The van der Waals surface area contributed by atoms with Crippen LogP contribution in [0.15, 0.2) is 77.7 Å². The number of amides is 1. The zero-order valence-corrected chi connectivity index (χ0v) is 14.8. The Morgan fingerprint density at radius 1 is 0.920 bits per heavy atom. The van der Waals surface area contributed by atoms with Gasteiger partial charge in [0.15, 0.2) is 0 Å². The van der Waals surface area contributed by atoms with Crippen molar-refractivity contribution < 1.29 is 4.79 Å². The highest BCUT2D eigenvalue weighted by molar-refractivity contribution is 8.00. The van der Waals surface area contributed by atoms with E-state index in [9.17, 15) is 4.79 Å². The first-order valence-electron chi connectivity index (χ1n) is 8.14. The number of hydrogen-bond acceptors (Lipinski definition) is 2. The molecule has 5 rings (SSSR count). The summed E-state index contributed by atoms with van der Waals surface area (Å²) in [5, 5.41) is 0.700. The molecule has 3 aromatic carbocycles. The van der Waals surface area contributed by atoms with Gasteiger partial charge in [0.2, 0.25) is 0 Å². The molecule has 0 saturated heterocycles. The number of carbonyl (C=O) groups excluding carboxylic acids is 1. The molecule has 2 nitrogen and oxygen atoms in total. The fourth-order valence-corrected chi connectivity index (χ4v) is 5.46. The van der Waals surface area contributed by atoms with Crippen LogP contribution >= 0.6 is 23.4 Å². The molecule has 0 aromatic heterocycles. The molecule has 1 atom stereocenters. The molecule has 3 aromatic rings. The fourth-order valence-electron chi connectivity index (χ4n) is 3.80. The van der Waals surface area contributed by atoms with Crippen LogP contribution in [0.2, 0.25) is 5.02 Å². The zero-order valence-electron chi connectivity index (χ0n) is 13.3. The molecule has 4 heteroatoms. The number of carbonyl (C=O) groups is 1. The highest BCUT2D eigenvalue weighted by Crippen LogP contribution is 2.58. The Balaban J connectivity index is 1.81. The van der Waals surface area contributed by atoms with E-state index in [2.05, 4.69) is 24.3 Å². The Morgan fingerprint density at radius 3 is 2.48 bits per heavy atom. The molecule has 0 radical (unpaired) electrons. The lowest BCUT2D eigenvalue weighted by Crippen LogP contribution is -2.44. The van der Waals surface area contributed by atoms with Gasteiger partial charge in [0.05, 0.1) is 0 Å². The van der Waals surface area contributed by atoms with Crippen molar-refractivity contribution >= 4 is 29.3 Å². The minimum atomic E-state index is -0.535. The summed E-state index contributed by atoms with van der Waals surface area (Å²) in [4.78, 5) is 15.9. The molecular weight excluding hydrogens is 350 g/mol. The second-order valence-corrected chi connectivity index (χ2v) is 7.97. The highest BCUT2D eigenvalue weighted by Gasteiger charge is 2.53. The molecule has 2 heterocycles. The van der Waals surface area contributed by atoms with Crippen LogP contribution in [0.5, 0.6) is 0 Å². The molecular formula is C21H14ClNOS. The predicted octanol–water partition coefficient (Wildman–Crippen LogP) is 5.30. The summed E-state index contributed by atoms with van der Waals surface area (Å²) in [5.74, 6) is 0.0903. The van der Waals surface area contributed by atoms with Crippen molar-refractivity contribution in [2.24, 2.45) is 0 Å². The number of rotatable bonds is 1. The molecule has 0 bridgehead atoms.